The van der Waals surface area contributed by atoms with Crippen LogP contribution in [0.5, 0.6) is 0 Å². The molecule has 2 nitrogen and oxygen atoms in total. The number of hydrogen-bond acceptors (Lipinski definition) is 2. The summed E-state index contributed by atoms with van der Waals surface area (Å²) in [6.07, 6.45) is 6.94. The summed E-state index contributed by atoms with van der Waals surface area (Å²) in [6.45, 7) is 9.07. The fourth-order valence-electron chi connectivity index (χ4n) is 1.55. The van der Waals surface area contributed by atoms with Crippen LogP contribution >= 0.6 is 0 Å². The standard InChI is InChI=1S/C11H19NO/c1-5-11(3,4)12-7-6-10(2)13-9-8-12/h1,10H,6-9H2,2-4H3. The molecule has 0 bridgehead atoms. The first kappa shape index (κ1) is 10.6. The van der Waals surface area contributed by atoms with E-state index in [0.29, 0.717) is 6.10 Å². The van der Waals surface area contributed by atoms with Gasteiger partial charge in [-0.1, -0.05) is 5.92 Å². The predicted molar refractivity (Wildman–Crippen MR) is 54.5 cm³/mol. The van der Waals surface area contributed by atoms with E-state index in [1.54, 1.807) is 0 Å². The zero-order chi connectivity index (χ0) is 9.90. The second-order valence-electron chi connectivity index (χ2n) is 4.16. The van der Waals surface area contributed by atoms with E-state index in [-0.39, 0.29) is 5.54 Å². The van der Waals surface area contributed by atoms with Crippen molar-refractivity contribution >= 4 is 0 Å². The molecule has 2 heteroatoms. The van der Waals surface area contributed by atoms with Gasteiger partial charge in [-0.3, -0.25) is 4.90 Å². The van der Waals surface area contributed by atoms with E-state index >= 15 is 0 Å². The molecule has 0 N–H and O–H groups in total. The molecule has 1 atom stereocenters. The molecule has 0 aliphatic carbocycles. The Kier molecular flexibility index (Phi) is 3.35. The number of ether oxygens (including phenoxy) is 1. The topological polar surface area (TPSA) is 12.5 Å². The Hall–Kier alpha value is -0.520. The molecule has 0 spiro atoms. The lowest BCUT2D eigenvalue weighted by atomic mass is 10.0. The molecule has 0 aromatic heterocycles. The minimum absolute atomic E-state index is 0.132. The maximum Gasteiger partial charge on any atom is 0.0766 e. The highest BCUT2D eigenvalue weighted by atomic mass is 16.5. The van der Waals surface area contributed by atoms with Gasteiger partial charge in [0.25, 0.3) is 0 Å². The van der Waals surface area contributed by atoms with Crippen LogP contribution in [-0.2, 0) is 4.74 Å². The molecule has 1 aliphatic rings. The fourth-order valence-corrected chi connectivity index (χ4v) is 1.55. The van der Waals surface area contributed by atoms with Crippen LogP contribution in [0.4, 0.5) is 0 Å². The van der Waals surface area contributed by atoms with Gasteiger partial charge in [0.05, 0.1) is 18.2 Å². The van der Waals surface area contributed by atoms with Crippen molar-refractivity contribution in [2.24, 2.45) is 0 Å². The van der Waals surface area contributed by atoms with Crippen LogP contribution in [0.3, 0.4) is 0 Å². The Morgan fingerprint density at radius 2 is 2.15 bits per heavy atom. The number of rotatable bonds is 1. The molecule has 1 fully saturated rings. The molecule has 13 heavy (non-hydrogen) atoms. The summed E-state index contributed by atoms with van der Waals surface area (Å²) in [7, 11) is 0. The van der Waals surface area contributed by atoms with Gasteiger partial charge >= 0.3 is 0 Å². The van der Waals surface area contributed by atoms with Gasteiger partial charge in [-0.15, -0.1) is 6.42 Å². The van der Waals surface area contributed by atoms with E-state index in [9.17, 15) is 0 Å². The largest absolute Gasteiger partial charge is 0.377 e. The molecule has 0 aromatic rings. The molecule has 0 amide bonds. The summed E-state index contributed by atoms with van der Waals surface area (Å²) in [6, 6.07) is 0. The van der Waals surface area contributed by atoms with Crippen molar-refractivity contribution < 1.29 is 4.74 Å². The van der Waals surface area contributed by atoms with Crippen molar-refractivity contribution in [3.63, 3.8) is 0 Å². The monoisotopic (exact) mass is 181 g/mol. The second-order valence-corrected chi connectivity index (χ2v) is 4.16. The van der Waals surface area contributed by atoms with E-state index < -0.39 is 0 Å². The highest BCUT2D eigenvalue weighted by Crippen LogP contribution is 2.16. The summed E-state index contributed by atoms with van der Waals surface area (Å²) in [5.74, 6) is 2.82. The Balaban J connectivity index is 2.57. The predicted octanol–water partition coefficient (Wildman–Crippen LogP) is 1.51. The molecule has 1 aliphatic heterocycles. The molecular weight excluding hydrogens is 162 g/mol. The molecular formula is C11H19NO. The number of terminal acetylenes is 1. The third kappa shape index (κ3) is 2.72. The molecule has 1 heterocycles. The van der Waals surface area contributed by atoms with E-state index in [1.807, 2.05) is 0 Å². The van der Waals surface area contributed by atoms with Crippen molar-refractivity contribution in [2.45, 2.75) is 38.8 Å². The Morgan fingerprint density at radius 1 is 1.46 bits per heavy atom. The Labute approximate surface area is 81.3 Å². The number of hydrogen-bond donors (Lipinski definition) is 0. The minimum atomic E-state index is -0.132. The summed E-state index contributed by atoms with van der Waals surface area (Å²) < 4.78 is 5.56. The van der Waals surface area contributed by atoms with Crippen LogP contribution < -0.4 is 0 Å². The van der Waals surface area contributed by atoms with Crippen LogP contribution in [0.15, 0.2) is 0 Å². The van der Waals surface area contributed by atoms with E-state index in [0.717, 1.165) is 26.1 Å². The van der Waals surface area contributed by atoms with E-state index in [1.165, 1.54) is 0 Å². The normalized spacial score (nSPS) is 26.5. The van der Waals surface area contributed by atoms with Gasteiger partial charge in [0.15, 0.2) is 0 Å². The number of nitrogens with zero attached hydrogens (tertiary/aromatic N) is 1. The van der Waals surface area contributed by atoms with Crippen molar-refractivity contribution in [1.82, 2.24) is 4.90 Å². The van der Waals surface area contributed by atoms with Gasteiger partial charge < -0.3 is 4.74 Å². The van der Waals surface area contributed by atoms with Gasteiger partial charge in [-0.25, -0.2) is 0 Å². The molecule has 74 valence electrons. The van der Waals surface area contributed by atoms with Crippen LogP contribution in [-0.4, -0.2) is 36.2 Å². The summed E-state index contributed by atoms with van der Waals surface area (Å²) in [4.78, 5) is 2.32. The summed E-state index contributed by atoms with van der Waals surface area (Å²) >= 11 is 0. The van der Waals surface area contributed by atoms with Crippen LogP contribution in [0.2, 0.25) is 0 Å². The lowest BCUT2D eigenvalue weighted by Gasteiger charge is -2.32. The quantitative estimate of drug-likeness (QED) is 0.569. The first-order valence-electron chi connectivity index (χ1n) is 4.90. The van der Waals surface area contributed by atoms with E-state index in [2.05, 4.69) is 31.6 Å². The zero-order valence-corrected chi connectivity index (χ0v) is 8.84. The Morgan fingerprint density at radius 3 is 2.77 bits per heavy atom. The molecule has 1 rings (SSSR count). The second kappa shape index (κ2) is 4.13. The van der Waals surface area contributed by atoms with Crippen LogP contribution in [0.1, 0.15) is 27.2 Å². The van der Waals surface area contributed by atoms with Crippen molar-refractivity contribution in [1.29, 1.82) is 0 Å². The van der Waals surface area contributed by atoms with Gasteiger partial charge in [-0.05, 0) is 27.2 Å². The molecule has 0 aromatic carbocycles. The van der Waals surface area contributed by atoms with Crippen molar-refractivity contribution in [3.05, 3.63) is 0 Å². The lowest BCUT2D eigenvalue weighted by Crippen LogP contribution is -2.44. The maximum absolute atomic E-state index is 5.56. The maximum atomic E-state index is 5.56. The van der Waals surface area contributed by atoms with Crippen molar-refractivity contribution in [3.8, 4) is 12.3 Å². The average molecular weight is 181 g/mol. The summed E-state index contributed by atoms with van der Waals surface area (Å²) in [5.41, 5.74) is -0.132. The molecule has 0 saturated carbocycles. The van der Waals surface area contributed by atoms with Gasteiger partial charge in [0.1, 0.15) is 0 Å². The average Bonchev–Trinajstić information content (AvgIpc) is 2.30. The first-order chi connectivity index (χ1) is 6.06. The Bertz CT molecular complexity index is 205. The smallest absolute Gasteiger partial charge is 0.0766 e. The summed E-state index contributed by atoms with van der Waals surface area (Å²) in [5, 5.41) is 0. The third-order valence-corrected chi connectivity index (χ3v) is 2.71. The third-order valence-electron chi connectivity index (χ3n) is 2.71. The van der Waals surface area contributed by atoms with Crippen LogP contribution in [0.25, 0.3) is 0 Å². The highest BCUT2D eigenvalue weighted by Gasteiger charge is 2.26. The molecule has 1 unspecified atom stereocenters. The van der Waals surface area contributed by atoms with Gasteiger partial charge in [0.2, 0.25) is 0 Å². The molecule has 0 radical (unpaired) electrons. The SMILES string of the molecule is C#CC(C)(C)N1CCOC(C)CC1. The highest BCUT2D eigenvalue weighted by molar-refractivity contribution is 5.08. The zero-order valence-electron chi connectivity index (χ0n) is 8.84. The van der Waals surface area contributed by atoms with Gasteiger partial charge in [-0.2, -0.15) is 0 Å². The van der Waals surface area contributed by atoms with Gasteiger partial charge in [0, 0.05) is 13.1 Å². The first-order valence-corrected chi connectivity index (χ1v) is 4.90. The fraction of sp³-hybridized carbons (Fsp3) is 0.818. The minimum Gasteiger partial charge on any atom is -0.377 e. The van der Waals surface area contributed by atoms with Crippen molar-refractivity contribution in [2.75, 3.05) is 19.7 Å². The van der Waals surface area contributed by atoms with E-state index in [4.69, 9.17) is 11.2 Å². The molecule has 1 saturated heterocycles. The van der Waals surface area contributed by atoms with Crippen LogP contribution in [0, 0.1) is 12.3 Å². The lowest BCUT2D eigenvalue weighted by molar-refractivity contribution is 0.0714.